The molecule has 0 bridgehead atoms. The number of aromatic amines is 1. The number of nitrogens with zero attached hydrogens (tertiary/aromatic N) is 2. The van der Waals surface area contributed by atoms with Crippen LogP contribution in [0.15, 0.2) is 42.7 Å². The molecule has 0 saturated heterocycles. The molecule has 0 radical (unpaired) electrons. The van der Waals surface area contributed by atoms with Crippen molar-refractivity contribution in [3.05, 3.63) is 54.0 Å². The summed E-state index contributed by atoms with van der Waals surface area (Å²) in [5.41, 5.74) is 2.98. The summed E-state index contributed by atoms with van der Waals surface area (Å²) in [6, 6.07) is 9.38. The van der Waals surface area contributed by atoms with E-state index in [2.05, 4.69) is 20.5 Å². The van der Waals surface area contributed by atoms with Gasteiger partial charge in [-0.1, -0.05) is 11.6 Å². The summed E-state index contributed by atoms with van der Waals surface area (Å²) in [4.78, 5) is 16.1. The van der Waals surface area contributed by atoms with Gasteiger partial charge < -0.3 is 5.32 Å². The summed E-state index contributed by atoms with van der Waals surface area (Å²) in [7, 11) is 0. The molecule has 0 unspecified atom stereocenters. The average Bonchev–Trinajstić information content (AvgIpc) is 2.82. The first-order valence-electron chi connectivity index (χ1n) is 5.90. The lowest BCUT2D eigenvalue weighted by atomic mass is 10.1. The molecule has 5 heteroatoms. The summed E-state index contributed by atoms with van der Waals surface area (Å²) < 4.78 is 0. The monoisotopic (exact) mass is 252 g/mol. The van der Waals surface area contributed by atoms with Crippen LogP contribution in [-0.2, 0) is 0 Å². The van der Waals surface area contributed by atoms with Gasteiger partial charge in [-0.3, -0.25) is 14.9 Å². The Labute approximate surface area is 109 Å². The average molecular weight is 252 g/mol. The smallest absolute Gasteiger partial charge is 0.276 e. The molecule has 2 aromatic heterocycles. The maximum Gasteiger partial charge on any atom is 0.276 e. The number of nitrogens with one attached hydrogen (secondary N) is 2. The lowest BCUT2D eigenvalue weighted by Crippen LogP contribution is -2.12. The molecule has 0 aliphatic carbocycles. The van der Waals surface area contributed by atoms with Gasteiger partial charge in [-0.25, -0.2) is 0 Å². The van der Waals surface area contributed by atoms with Gasteiger partial charge in [-0.05, 0) is 31.2 Å². The number of carbonyl (C=O) groups excluding carboxylic acids is 1. The molecule has 2 heterocycles. The third-order valence-electron chi connectivity index (χ3n) is 2.85. The maximum atomic E-state index is 12.2. The number of amides is 1. The maximum absolute atomic E-state index is 12.2. The molecule has 0 spiro atoms. The van der Waals surface area contributed by atoms with E-state index in [1.54, 1.807) is 24.5 Å². The Morgan fingerprint density at radius 2 is 2.21 bits per heavy atom. The van der Waals surface area contributed by atoms with E-state index in [4.69, 9.17) is 0 Å². The van der Waals surface area contributed by atoms with Crippen LogP contribution in [0.2, 0.25) is 0 Å². The van der Waals surface area contributed by atoms with Crippen LogP contribution in [-0.4, -0.2) is 21.1 Å². The zero-order valence-corrected chi connectivity index (χ0v) is 10.3. The van der Waals surface area contributed by atoms with Crippen molar-refractivity contribution >= 4 is 22.5 Å². The molecule has 0 atom stereocenters. The van der Waals surface area contributed by atoms with Gasteiger partial charge in [0, 0.05) is 11.6 Å². The summed E-state index contributed by atoms with van der Waals surface area (Å²) >= 11 is 0. The van der Waals surface area contributed by atoms with Crippen LogP contribution in [0.3, 0.4) is 0 Å². The van der Waals surface area contributed by atoms with Crippen LogP contribution in [0, 0.1) is 6.92 Å². The first kappa shape index (κ1) is 11.4. The molecule has 0 fully saturated rings. The molecule has 3 aromatic rings. The summed E-state index contributed by atoms with van der Waals surface area (Å²) in [6.45, 7) is 1.98. The molecule has 5 nitrogen and oxygen atoms in total. The van der Waals surface area contributed by atoms with Crippen LogP contribution < -0.4 is 5.32 Å². The van der Waals surface area contributed by atoms with Crippen molar-refractivity contribution in [3.8, 4) is 0 Å². The molecule has 0 aliphatic rings. The number of hydrogen-bond donors (Lipinski definition) is 2. The first-order chi connectivity index (χ1) is 9.24. The molecular weight excluding hydrogens is 240 g/mol. The fourth-order valence-corrected chi connectivity index (χ4v) is 1.93. The van der Waals surface area contributed by atoms with Crippen molar-refractivity contribution in [2.24, 2.45) is 0 Å². The first-order valence-corrected chi connectivity index (χ1v) is 5.90. The largest absolute Gasteiger partial charge is 0.319 e. The minimum Gasteiger partial charge on any atom is -0.319 e. The van der Waals surface area contributed by atoms with Gasteiger partial charge in [0.25, 0.3) is 5.91 Å². The van der Waals surface area contributed by atoms with E-state index in [1.165, 1.54) is 0 Å². The molecule has 0 saturated carbocycles. The Hall–Kier alpha value is -2.69. The molecule has 19 heavy (non-hydrogen) atoms. The quantitative estimate of drug-likeness (QED) is 0.736. The second-order valence-corrected chi connectivity index (χ2v) is 4.32. The standard InChI is InChI=1S/C14H12N4O/c1-9-4-5-12-11(7-9)13(18-17-12)14(19)16-10-3-2-6-15-8-10/h2-8H,1H3,(H,16,19)(H,17,18). The highest BCUT2D eigenvalue weighted by Crippen LogP contribution is 2.18. The van der Waals surface area contributed by atoms with Crippen molar-refractivity contribution < 1.29 is 4.79 Å². The molecule has 94 valence electrons. The molecule has 1 aromatic carbocycles. The highest BCUT2D eigenvalue weighted by molar-refractivity contribution is 6.11. The topological polar surface area (TPSA) is 70.7 Å². The number of H-pyrrole nitrogens is 1. The van der Waals surface area contributed by atoms with Gasteiger partial charge in [0.15, 0.2) is 5.69 Å². The fraction of sp³-hybridized carbons (Fsp3) is 0.0714. The number of anilines is 1. The molecule has 3 rings (SSSR count). The molecular formula is C14H12N4O. The predicted molar refractivity (Wildman–Crippen MR) is 73.0 cm³/mol. The highest BCUT2D eigenvalue weighted by atomic mass is 16.1. The Balaban J connectivity index is 1.96. The number of aryl methyl sites for hydroxylation is 1. The minimum absolute atomic E-state index is 0.246. The zero-order chi connectivity index (χ0) is 13.2. The van der Waals surface area contributed by atoms with Crippen LogP contribution >= 0.6 is 0 Å². The number of benzene rings is 1. The number of aromatic nitrogens is 3. The molecule has 1 amide bonds. The van der Waals surface area contributed by atoms with Gasteiger partial charge in [0.05, 0.1) is 17.4 Å². The SMILES string of the molecule is Cc1ccc2[nH]nc(C(=O)Nc3cccnc3)c2c1. The lowest BCUT2D eigenvalue weighted by molar-refractivity contribution is 0.102. The number of rotatable bonds is 2. The summed E-state index contributed by atoms with van der Waals surface area (Å²) in [6.07, 6.45) is 3.25. The van der Waals surface area contributed by atoms with Crippen molar-refractivity contribution in [3.63, 3.8) is 0 Å². The summed E-state index contributed by atoms with van der Waals surface area (Å²) in [5.74, 6) is -0.246. The van der Waals surface area contributed by atoms with Crippen molar-refractivity contribution in [2.45, 2.75) is 6.92 Å². The van der Waals surface area contributed by atoms with Crippen LogP contribution in [0.4, 0.5) is 5.69 Å². The van der Waals surface area contributed by atoms with Crippen LogP contribution in [0.25, 0.3) is 10.9 Å². The van der Waals surface area contributed by atoms with E-state index in [0.717, 1.165) is 16.5 Å². The van der Waals surface area contributed by atoms with Gasteiger partial charge >= 0.3 is 0 Å². The van der Waals surface area contributed by atoms with E-state index in [0.29, 0.717) is 11.4 Å². The second kappa shape index (κ2) is 4.53. The predicted octanol–water partition coefficient (Wildman–Crippen LogP) is 2.52. The number of fused-ring (bicyclic) bond motifs is 1. The Morgan fingerprint density at radius 1 is 1.32 bits per heavy atom. The zero-order valence-electron chi connectivity index (χ0n) is 10.3. The summed E-state index contributed by atoms with van der Waals surface area (Å²) in [5, 5.41) is 10.5. The molecule has 0 aliphatic heterocycles. The Bertz CT molecular complexity index is 734. The van der Waals surface area contributed by atoms with Gasteiger partial charge in [-0.2, -0.15) is 5.10 Å². The lowest BCUT2D eigenvalue weighted by Gasteiger charge is -2.02. The van der Waals surface area contributed by atoms with E-state index in [9.17, 15) is 4.79 Å². The van der Waals surface area contributed by atoms with Crippen molar-refractivity contribution in [2.75, 3.05) is 5.32 Å². The van der Waals surface area contributed by atoms with E-state index in [1.807, 2.05) is 25.1 Å². The second-order valence-electron chi connectivity index (χ2n) is 4.32. The highest BCUT2D eigenvalue weighted by Gasteiger charge is 2.14. The fourth-order valence-electron chi connectivity index (χ4n) is 1.93. The minimum atomic E-state index is -0.246. The normalized spacial score (nSPS) is 10.6. The number of pyridine rings is 1. The van der Waals surface area contributed by atoms with E-state index in [-0.39, 0.29) is 5.91 Å². The molecule has 2 N–H and O–H groups in total. The van der Waals surface area contributed by atoms with Crippen molar-refractivity contribution in [1.82, 2.24) is 15.2 Å². The third-order valence-corrected chi connectivity index (χ3v) is 2.85. The van der Waals surface area contributed by atoms with Gasteiger partial charge in [-0.15, -0.1) is 0 Å². The van der Waals surface area contributed by atoms with E-state index < -0.39 is 0 Å². The Kier molecular flexibility index (Phi) is 2.72. The van der Waals surface area contributed by atoms with Gasteiger partial charge in [0.2, 0.25) is 0 Å². The number of hydrogen-bond acceptors (Lipinski definition) is 3. The van der Waals surface area contributed by atoms with E-state index >= 15 is 0 Å². The van der Waals surface area contributed by atoms with Crippen molar-refractivity contribution in [1.29, 1.82) is 0 Å². The van der Waals surface area contributed by atoms with Gasteiger partial charge in [0.1, 0.15) is 0 Å². The number of carbonyl (C=O) groups is 1. The van der Waals surface area contributed by atoms with Crippen LogP contribution in [0.1, 0.15) is 16.1 Å². The Morgan fingerprint density at radius 3 is 3.00 bits per heavy atom. The van der Waals surface area contributed by atoms with Crippen LogP contribution in [0.5, 0.6) is 0 Å². The third kappa shape index (κ3) is 2.18.